The van der Waals surface area contributed by atoms with Crippen LogP contribution in [0.5, 0.6) is 0 Å². The van der Waals surface area contributed by atoms with Crippen molar-refractivity contribution >= 4 is 27.2 Å². The van der Waals surface area contributed by atoms with Gasteiger partial charge in [0.15, 0.2) is 5.13 Å². The Morgan fingerprint density at radius 1 is 1.28 bits per heavy atom. The molecule has 0 amide bonds. The molecular weight excluding hydrogens is 242 g/mol. The summed E-state index contributed by atoms with van der Waals surface area (Å²) in [5, 5.41) is 3.06. The summed E-state index contributed by atoms with van der Waals surface area (Å²) in [5.41, 5.74) is 8.07. The minimum atomic E-state index is 0.643. The third kappa shape index (κ3) is 1.95. The van der Waals surface area contributed by atoms with E-state index < -0.39 is 0 Å². The molecule has 18 heavy (non-hydrogen) atoms. The van der Waals surface area contributed by atoms with Crippen molar-refractivity contribution in [2.75, 3.05) is 5.73 Å². The first kappa shape index (κ1) is 11.2. The number of nitrogens with two attached hydrogens (primary N) is 1. The van der Waals surface area contributed by atoms with Gasteiger partial charge in [-0.05, 0) is 23.9 Å². The van der Waals surface area contributed by atoms with E-state index in [1.54, 1.807) is 11.3 Å². The molecule has 0 aliphatic rings. The third-order valence-electron chi connectivity index (χ3n) is 3.03. The van der Waals surface area contributed by atoms with Gasteiger partial charge in [-0.1, -0.05) is 18.2 Å². The zero-order valence-corrected chi connectivity index (χ0v) is 10.9. The molecule has 2 N–H and O–H groups in total. The fourth-order valence-electron chi connectivity index (χ4n) is 2.13. The van der Waals surface area contributed by atoms with E-state index in [1.165, 1.54) is 21.2 Å². The zero-order valence-electron chi connectivity index (χ0n) is 10.1. The molecule has 2 aromatic heterocycles. The molecule has 3 aromatic rings. The average molecular weight is 255 g/mol. The molecule has 0 radical (unpaired) electrons. The van der Waals surface area contributed by atoms with Crippen molar-refractivity contribution in [1.29, 1.82) is 0 Å². The van der Waals surface area contributed by atoms with E-state index in [9.17, 15) is 0 Å². The molecule has 0 unspecified atom stereocenters. The quantitative estimate of drug-likeness (QED) is 0.765. The van der Waals surface area contributed by atoms with Crippen molar-refractivity contribution in [3.05, 3.63) is 52.8 Å². The highest BCUT2D eigenvalue weighted by Crippen LogP contribution is 2.26. The Hall–Kier alpha value is -1.94. The predicted octanol–water partition coefficient (Wildman–Crippen LogP) is 3.17. The predicted molar refractivity (Wildman–Crippen MR) is 75.8 cm³/mol. The molecule has 0 aliphatic carbocycles. The standard InChI is InChI=1S/C14H13N3S/c1-9-13(18-14(15)17-9)7-10-3-2-4-11-8-16-6-5-12(10)11/h2-6,8H,7H2,1H3,(H2,15,17). The van der Waals surface area contributed by atoms with Gasteiger partial charge in [0, 0.05) is 29.1 Å². The van der Waals surface area contributed by atoms with Gasteiger partial charge in [0.2, 0.25) is 0 Å². The number of pyridine rings is 1. The summed E-state index contributed by atoms with van der Waals surface area (Å²) in [4.78, 5) is 9.66. The van der Waals surface area contributed by atoms with E-state index in [2.05, 4.69) is 34.2 Å². The molecule has 0 atom stereocenters. The minimum Gasteiger partial charge on any atom is -0.375 e. The maximum Gasteiger partial charge on any atom is 0.180 e. The molecular formula is C14H13N3S. The van der Waals surface area contributed by atoms with Gasteiger partial charge in [0.1, 0.15) is 0 Å². The Morgan fingerprint density at radius 3 is 2.94 bits per heavy atom. The van der Waals surface area contributed by atoms with Crippen LogP contribution in [0, 0.1) is 6.92 Å². The number of fused-ring (bicyclic) bond motifs is 1. The van der Waals surface area contributed by atoms with Crippen LogP contribution in [-0.2, 0) is 6.42 Å². The molecule has 1 aromatic carbocycles. The smallest absolute Gasteiger partial charge is 0.180 e. The van der Waals surface area contributed by atoms with Crippen molar-refractivity contribution in [1.82, 2.24) is 9.97 Å². The first-order valence-corrected chi connectivity index (χ1v) is 6.59. The summed E-state index contributed by atoms with van der Waals surface area (Å²) in [6, 6.07) is 8.36. The number of thiazole rings is 1. The Kier molecular flexibility index (Phi) is 2.72. The summed E-state index contributed by atoms with van der Waals surface area (Å²) < 4.78 is 0. The summed E-state index contributed by atoms with van der Waals surface area (Å²) in [6.45, 7) is 2.01. The molecule has 0 fully saturated rings. The van der Waals surface area contributed by atoms with Crippen LogP contribution in [0.15, 0.2) is 36.7 Å². The average Bonchev–Trinajstić information content (AvgIpc) is 2.68. The second kappa shape index (κ2) is 4.38. The topological polar surface area (TPSA) is 51.8 Å². The Labute approximate surface area is 109 Å². The van der Waals surface area contributed by atoms with Gasteiger partial charge in [-0.15, -0.1) is 11.3 Å². The van der Waals surface area contributed by atoms with Crippen LogP contribution in [0.2, 0.25) is 0 Å². The van der Waals surface area contributed by atoms with Crippen molar-refractivity contribution in [2.45, 2.75) is 13.3 Å². The lowest BCUT2D eigenvalue weighted by Crippen LogP contribution is -1.90. The second-order valence-corrected chi connectivity index (χ2v) is 5.37. The van der Waals surface area contributed by atoms with Gasteiger partial charge in [0.05, 0.1) is 5.69 Å². The maximum absolute atomic E-state index is 5.74. The number of nitrogen functional groups attached to an aromatic ring is 1. The SMILES string of the molecule is Cc1nc(N)sc1Cc1cccc2cnccc12. The Bertz CT molecular complexity index is 698. The molecule has 0 bridgehead atoms. The fourth-order valence-corrected chi connectivity index (χ4v) is 2.99. The zero-order chi connectivity index (χ0) is 12.5. The number of aryl methyl sites for hydroxylation is 1. The molecule has 0 saturated carbocycles. The summed E-state index contributed by atoms with van der Waals surface area (Å²) >= 11 is 1.57. The number of rotatable bonds is 2. The van der Waals surface area contributed by atoms with Gasteiger partial charge < -0.3 is 5.73 Å². The van der Waals surface area contributed by atoms with Crippen LogP contribution in [0.4, 0.5) is 5.13 Å². The molecule has 0 spiro atoms. The lowest BCUT2D eigenvalue weighted by atomic mass is 10.0. The van der Waals surface area contributed by atoms with E-state index in [0.717, 1.165) is 12.1 Å². The van der Waals surface area contributed by atoms with Crippen molar-refractivity contribution in [3.63, 3.8) is 0 Å². The largest absolute Gasteiger partial charge is 0.375 e. The third-order valence-corrected chi connectivity index (χ3v) is 4.02. The van der Waals surface area contributed by atoms with E-state index in [0.29, 0.717) is 5.13 Å². The number of hydrogen-bond acceptors (Lipinski definition) is 4. The summed E-state index contributed by atoms with van der Waals surface area (Å²) in [7, 11) is 0. The van der Waals surface area contributed by atoms with Crippen molar-refractivity contribution in [3.8, 4) is 0 Å². The lowest BCUT2D eigenvalue weighted by molar-refractivity contribution is 1.16. The second-order valence-electron chi connectivity index (χ2n) is 4.25. The van der Waals surface area contributed by atoms with E-state index >= 15 is 0 Å². The van der Waals surface area contributed by atoms with Gasteiger partial charge >= 0.3 is 0 Å². The highest BCUT2D eigenvalue weighted by atomic mass is 32.1. The number of nitrogens with zero attached hydrogens (tertiary/aromatic N) is 2. The first-order chi connectivity index (χ1) is 8.74. The fraction of sp³-hybridized carbons (Fsp3) is 0.143. The van der Waals surface area contributed by atoms with Crippen LogP contribution >= 0.6 is 11.3 Å². The highest BCUT2D eigenvalue weighted by molar-refractivity contribution is 7.15. The lowest BCUT2D eigenvalue weighted by Gasteiger charge is -2.05. The maximum atomic E-state index is 5.74. The highest BCUT2D eigenvalue weighted by Gasteiger charge is 2.08. The Morgan fingerprint density at radius 2 is 2.17 bits per heavy atom. The van der Waals surface area contributed by atoms with Gasteiger partial charge in [-0.25, -0.2) is 4.98 Å². The molecule has 90 valence electrons. The monoisotopic (exact) mass is 255 g/mol. The van der Waals surface area contributed by atoms with Crippen molar-refractivity contribution in [2.24, 2.45) is 0 Å². The van der Waals surface area contributed by atoms with Crippen LogP contribution < -0.4 is 5.73 Å². The number of anilines is 1. The van der Waals surface area contributed by atoms with Crippen molar-refractivity contribution < 1.29 is 0 Å². The molecule has 0 saturated heterocycles. The van der Waals surface area contributed by atoms with E-state index in [4.69, 9.17) is 5.73 Å². The first-order valence-electron chi connectivity index (χ1n) is 5.77. The summed E-state index contributed by atoms with van der Waals surface area (Å²) in [6.07, 6.45) is 4.61. The van der Waals surface area contributed by atoms with Crippen LogP contribution in [0.25, 0.3) is 10.8 Å². The number of benzene rings is 1. The molecule has 4 heteroatoms. The number of aromatic nitrogens is 2. The molecule has 3 rings (SSSR count). The Balaban J connectivity index is 2.07. The van der Waals surface area contributed by atoms with Gasteiger partial charge in [-0.2, -0.15) is 0 Å². The molecule has 0 aliphatic heterocycles. The van der Waals surface area contributed by atoms with Crippen LogP contribution in [-0.4, -0.2) is 9.97 Å². The molecule has 3 nitrogen and oxygen atoms in total. The van der Waals surface area contributed by atoms with Gasteiger partial charge in [0.25, 0.3) is 0 Å². The van der Waals surface area contributed by atoms with E-state index in [-0.39, 0.29) is 0 Å². The molecule has 2 heterocycles. The number of hydrogen-bond donors (Lipinski definition) is 1. The summed E-state index contributed by atoms with van der Waals surface area (Å²) in [5.74, 6) is 0. The minimum absolute atomic E-state index is 0.643. The van der Waals surface area contributed by atoms with Gasteiger partial charge in [-0.3, -0.25) is 4.98 Å². The van der Waals surface area contributed by atoms with Crippen LogP contribution in [0.3, 0.4) is 0 Å². The van der Waals surface area contributed by atoms with E-state index in [1.807, 2.05) is 19.3 Å². The normalized spacial score (nSPS) is 10.9. The van der Waals surface area contributed by atoms with Crippen LogP contribution in [0.1, 0.15) is 16.1 Å².